The van der Waals surface area contributed by atoms with E-state index in [0.29, 0.717) is 17.6 Å². The molecule has 0 saturated carbocycles. The van der Waals surface area contributed by atoms with Crippen LogP contribution in [0.1, 0.15) is 28.2 Å². The minimum absolute atomic E-state index is 0.0951. The first-order valence-corrected chi connectivity index (χ1v) is 10.7. The number of primary amides is 1. The predicted octanol–water partition coefficient (Wildman–Crippen LogP) is 4.21. The van der Waals surface area contributed by atoms with Crippen LogP contribution in [0.2, 0.25) is 0 Å². The van der Waals surface area contributed by atoms with Gasteiger partial charge in [-0.2, -0.15) is 0 Å². The summed E-state index contributed by atoms with van der Waals surface area (Å²) in [5.74, 6) is 0.213. The highest BCUT2D eigenvalue weighted by molar-refractivity contribution is 7.19. The van der Waals surface area contributed by atoms with E-state index >= 15 is 0 Å². The third-order valence-electron chi connectivity index (χ3n) is 5.19. The molecule has 1 amide bonds. The molecule has 6 heteroatoms. The minimum Gasteiger partial charge on any atom is -0.370 e. The normalized spacial score (nSPS) is 11.1. The molecular weight excluding hydrogens is 394 g/mol. The Morgan fingerprint density at radius 1 is 1.07 bits per heavy atom. The van der Waals surface area contributed by atoms with Crippen molar-refractivity contribution in [1.29, 1.82) is 0 Å². The summed E-state index contributed by atoms with van der Waals surface area (Å²) >= 11 is 1.53. The molecular formula is C24H23N3O2S. The topological polar surface area (TPSA) is 78.0 Å². The molecule has 0 aliphatic rings. The smallest absolute Gasteiger partial charge is 0.262 e. The zero-order valence-electron chi connectivity index (χ0n) is 17.0. The number of hydrogen-bond donors (Lipinski definition) is 1. The van der Waals surface area contributed by atoms with Crippen molar-refractivity contribution in [2.45, 2.75) is 33.2 Å². The van der Waals surface area contributed by atoms with Crippen LogP contribution in [0.15, 0.2) is 59.4 Å². The SMILES string of the molecule is Cc1ccc(-c2c(C)sc3nc(Cc4ccccc4)n(CCC(N)=O)c(=O)c23)cc1. The van der Waals surface area contributed by atoms with Gasteiger partial charge in [-0.1, -0.05) is 60.2 Å². The third kappa shape index (κ3) is 3.91. The molecule has 0 bridgehead atoms. The van der Waals surface area contributed by atoms with E-state index in [4.69, 9.17) is 10.7 Å². The molecule has 2 heterocycles. The van der Waals surface area contributed by atoms with E-state index in [0.717, 1.165) is 32.0 Å². The molecule has 0 saturated heterocycles. The summed E-state index contributed by atoms with van der Waals surface area (Å²) in [6.07, 6.45) is 0.611. The lowest BCUT2D eigenvalue weighted by Crippen LogP contribution is -2.27. The van der Waals surface area contributed by atoms with Gasteiger partial charge in [-0.25, -0.2) is 4.98 Å². The van der Waals surface area contributed by atoms with E-state index in [2.05, 4.69) is 0 Å². The third-order valence-corrected chi connectivity index (χ3v) is 6.19. The summed E-state index contributed by atoms with van der Waals surface area (Å²) < 4.78 is 1.62. The van der Waals surface area contributed by atoms with Crippen LogP contribution in [0.5, 0.6) is 0 Å². The van der Waals surface area contributed by atoms with Crippen molar-refractivity contribution >= 4 is 27.5 Å². The number of aryl methyl sites for hydroxylation is 2. The standard InChI is InChI=1S/C24H23N3O2S/c1-15-8-10-18(11-9-15)21-16(2)30-23-22(21)24(29)27(13-12-19(25)28)20(26-23)14-17-6-4-3-5-7-17/h3-11H,12-14H2,1-2H3,(H2,25,28). The van der Waals surface area contributed by atoms with Gasteiger partial charge in [-0.3, -0.25) is 14.2 Å². The number of rotatable bonds is 6. The van der Waals surface area contributed by atoms with Crippen molar-refractivity contribution in [3.05, 3.63) is 86.8 Å². The van der Waals surface area contributed by atoms with Crippen molar-refractivity contribution in [3.63, 3.8) is 0 Å². The maximum atomic E-state index is 13.6. The first-order chi connectivity index (χ1) is 14.4. The second-order valence-electron chi connectivity index (χ2n) is 7.44. The van der Waals surface area contributed by atoms with Gasteiger partial charge in [0.05, 0.1) is 5.39 Å². The van der Waals surface area contributed by atoms with Crippen molar-refractivity contribution in [2.75, 3.05) is 0 Å². The molecule has 0 radical (unpaired) electrons. The van der Waals surface area contributed by atoms with Crippen LogP contribution in [0.25, 0.3) is 21.3 Å². The molecule has 152 valence electrons. The summed E-state index contributed by atoms with van der Waals surface area (Å²) in [5, 5.41) is 0.614. The summed E-state index contributed by atoms with van der Waals surface area (Å²) in [5.41, 5.74) is 9.40. The van der Waals surface area contributed by atoms with Gasteiger partial charge in [-0.05, 0) is 25.0 Å². The Morgan fingerprint density at radius 2 is 1.77 bits per heavy atom. The van der Waals surface area contributed by atoms with Crippen molar-refractivity contribution in [2.24, 2.45) is 5.73 Å². The molecule has 2 N–H and O–H groups in total. The number of amides is 1. The number of nitrogens with two attached hydrogens (primary N) is 1. The Balaban J connectivity index is 1.92. The molecule has 4 aromatic rings. The van der Waals surface area contributed by atoms with Gasteiger partial charge >= 0.3 is 0 Å². The van der Waals surface area contributed by atoms with E-state index in [1.165, 1.54) is 11.3 Å². The first kappa shape index (κ1) is 20.0. The zero-order chi connectivity index (χ0) is 21.3. The van der Waals surface area contributed by atoms with Crippen LogP contribution in [-0.4, -0.2) is 15.5 Å². The largest absolute Gasteiger partial charge is 0.370 e. The number of thiophene rings is 1. The molecule has 5 nitrogen and oxygen atoms in total. The predicted molar refractivity (Wildman–Crippen MR) is 122 cm³/mol. The van der Waals surface area contributed by atoms with Crippen LogP contribution < -0.4 is 11.3 Å². The molecule has 0 unspecified atom stereocenters. The van der Waals surface area contributed by atoms with Gasteiger partial charge in [0.2, 0.25) is 5.91 Å². The minimum atomic E-state index is -0.437. The Kier molecular flexibility index (Phi) is 5.50. The first-order valence-electron chi connectivity index (χ1n) is 9.86. The van der Waals surface area contributed by atoms with Crippen LogP contribution >= 0.6 is 11.3 Å². The number of carbonyl (C=O) groups excluding carboxylic acids is 1. The van der Waals surface area contributed by atoms with Crippen molar-refractivity contribution < 1.29 is 4.79 Å². The van der Waals surface area contributed by atoms with Gasteiger partial charge in [0.15, 0.2) is 0 Å². The highest BCUT2D eigenvalue weighted by atomic mass is 32.1. The van der Waals surface area contributed by atoms with Crippen molar-refractivity contribution in [1.82, 2.24) is 9.55 Å². The Hall–Kier alpha value is -3.25. The highest BCUT2D eigenvalue weighted by Gasteiger charge is 2.20. The molecule has 30 heavy (non-hydrogen) atoms. The molecule has 2 aromatic carbocycles. The van der Waals surface area contributed by atoms with E-state index in [9.17, 15) is 9.59 Å². The zero-order valence-corrected chi connectivity index (χ0v) is 17.8. The Morgan fingerprint density at radius 3 is 2.43 bits per heavy atom. The summed E-state index contributed by atoms with van der Waals surface area (Å²) in [6, 6.07) is 18.1. The van der Waals surface area contributed by atoms with Crippen LogP contribution in [0, 0.1) is 13.8 Å². The van der Waals surface area contributed by atoms with Crippen LogP contribution in [0.3, 0.4) is 0 Å². The second-order valence-corrected chi connectivity index (χ2v) is 8.65. The van der Waals surface area contributed by atoms with E-state index in [-0.39, 0.29) is 18.5 Å². The van der Waals surface area contributed by atoms with Crippen LogP contribution in [-0.2, 0) is 17.8 Å². The lowest BCUT2D eigenvalue weighted by Gasteiger charge is -2.12. The number of carbonyl (C=O) groups is 1. The lowest BCUT2D eigenvalue weighted by molar-refractivity contribution is -0.118. The van der Waals surface area contributed by atoms with Gasteiger partial charge in [0.25, 0.3) is 5.56 Å². The fourth-order valence-corrected chi connectivity index (χ4v) is 4.73. The fraction of sp³-hybridized carbons (Fsp3) is 0.208. The maximum Gasteiger partial charge on any atom is 0.262 e. The molecule has 0 aliphatic heterocycles. The van der Waals surface area contributed by atoms with E-state index in [1.807, 2.05) is 68.4 Å². The summed E-state index contributed by atoms with van der Waals surface area (Å²) in [7, 11) is 0. The number of nitrogens with zero attached hydrogens (tertiary/aromatic N) is 2. The molecule has 0 atom stereocenters. The van der Waals surface area contributed by atoms with Gasteiger partial charge in [-0.15, -0.1) is 11.3 Å². The number of fused-ring (bicyclic) bond motifs is 1. The second kappa shape index (κ2) is 8.24. The lowest BCUT2D eigenvalue weighted by atomic mass is 10.0. The Labute approximate surface area is 178 Å². The van der Waals surface area contributed by atoms with Gasteiger partial charge in [0.1, 0.15) is 10.7 Å². The van der Waals surface area contributed by atoms with E-state index < -0.39 is 5.91 Å². The van der Waals surface area contributed by atoms with Gasteiger partial charge < -0.3 is 5.73 Å². The average Bonchev–Trinajstić information content (AvgIpc) is 3.05. The number of hydrogen-bond acceptors (Lipinski definition) is 4. The fourth-order valence-electron chi connectivity index (χ4n) is 3.67. The molecule has 0 aliphatic carbocycles. The quantitative estimate of drug-likeness (QED) is 0.510. The highest BCUT2D eigenvalue weighted by Crippen LogP contribution is 2.36. The average molecular weight is 418 g/mol. The molecule has 0 fully saturated rings. The molecule has 4 rings (SSSR count). The maximum absolute atomic E-state index is 13.6. The summed E-state index contributed by atoms with van der Waals surface area (Å²) in [6.45, 7) is 4.28. The monoisotopic (exact) mass is 417 g/mol. The number of benzene rings is 2. The van der Waals surface area contributed by atoms with Crippen molar-refractivity contribution in [3.8, 4) is 11.1 Å². The number of aromatic nitrogens is 2. The van der Waals surface area contributed by atoms with Crippen LogP contribution in [0.4, 0.5) is 0 Å². The summed E-state index contributed by atoms with van der Waals surface area (Å²) in [4.78, 5) is 31.7. The van der Waals surface area contributed by atoms with Gasteiger partial charge in [0, 0.05) is 29.8 Å². The van der Waals surface area contributed by atoms with E-state index in [1.54, 1.807) is 4.57 Å². The molecule has 0 spiro atoms. The Bertz CT molecular complexity index is 1270. The molecule has 2 aromatic heterocycles.